The predicted octanol–water partition coefficient (Wildman–Crippen LogP) is 5.14. The summed E-state index contributed by atoms with van der Waals surface area (Å²) in [6, 6.07) is 16.3. The van der Waals surface area contributed by atoms with Gasteiger partial charge in [-0.05, 0) is 30.3 Å². The number of aromatic nitrogens is 1. The number of rotatable bonds is 1. The van der Waals surface area contributed by atoms with Crippen molar-refractivity contribution in [3.05, 3.63) is 65.4 Å². The molecule has 0 saturated carbocycles. The second kappa shape index (κ2) is 4.00. The van der Waals surface area contributed by atoms with E-state index in [9.17, 15) is 0 Å². The summed E-state index contributed by atoms with van der Waals surface area (Å²) >= 11 is 3.51. The SMILES string of the molecule is Brc1ccc2oc3cn(-c4ccccc4)cc3c2c1. The van der Waals surface area contributed by atoms with Crippen LogP contribution in [0.15, 0.2) is 69.8 Å². The molecule has 0 fully saturated rings. The molecule has 2 heterocycles. The van der Waals surface area contributed by atoms with Crippen LogP contribution in [-0.4, -0.2) is 4.57 Å². The average molecular weight is 312 g/mol. The van der Waals surface area contributed by atoms with Crippen molar-refractivity contribution in [3.63, 3.8) is 0 Å². The summed E-state index contributed by atoms with van der Waals surface area (Å²) in [5, 5.41) is 2.28. The zero-order chi connectivity index (χ0) is 12.8. The van der Waals surface area contributed by atoms with E-state index < -0.39 is 0 Å². The van der Waals surface area contributed by atoms with Crippen LogP contribution in [-0.2, 0) is 0 Å². The number of benzene rings is 2. The van der Waals surface area contributed by atoms with E-state index >= 15 is 0 Å². The highest BCUT2D eigenvalue weighted by molar-refractivity contribution is 9.10. The van der Waals surface area contributed by atoms with E-state index in [2.05, 4.69) is 44.9 Å². The molecule has 0 aliphatic rings. The molecule has 0 aliphatic heterocycles. The molecule has 2 nitrogen and oxygen atoms in total. The van der Waals surface area contributed by atoms with E-state index in [1.165, 1.54) is 0 Å². The Balaban J connectivity index is 2.00. The summed E-state index contributed by atoms with van der Waals surface area (Å²) < 4.78 is 9.02. The minimum atomic E-state index is 0.914. The lowest BCUT2D eigenvalue weighted by molar-refractivity contribution is 0.667. The van der Waals surface area contributed by atoms with Gasteiger partial charge in [0.25, 0.3) is 0 Å². The van der Waals surface area contributed by atoms with Crippen molar-refractivity contribution >= 4 is 37.9 Å². The van der Waals surface area contributed by atoms with Crippen LogP contribution in [0.4, 0.5) is 0 Å². The fourth-order valence-electron chi connectivity index (χ4n) is 2.39. The largest absolute Gasteiger partial charge is 0.454 e. The molecule has 0 N–H and O–H groups in total. The molecule has 0 saturated heterocycles. The maximum atomic E-state index is 5.87. The summed E-state index contributed by atoms with van der Waals surface area (Å²) in [5.41, 5.74) is 2.97. The van der Waals surface area contributed by atoms with E-state index in [4.69, 9.17) is 4.42 Å². The molecule has 0 atom stereocenters. The molecule has 0 radical (unpaired) electrons. The molecule has 0 unspecified atom stereocenters. The summed E-state index contributed by atoms with van der Waals surface area (Å²) in [7, 11) is 0. The van der Waals surface area contributed by atoms with Crippen LogP contribution >= 0.6 is 15.9 Å². The first-order chi connectivity index (χ1) is 9.31. The van der Waals surface area contributed by atoms with Gasteiger partial charge >= 0.3 is 0 Å². The molecule has 19 heavy (non-hydrogen) atoms. The normalized spacial score (nSPS) is 11.4. The summed E-state index contributed by atoms with van der Waals surface area (Å²) in [6.07, 6.45) is 4.14. The summed E-state index contributed by atoms with van der Waals surface area (Å²) in [5.74, 6) is 0. The number of furan rings is 1. The second-order valence-electron chi connectivity index (χ2n) is 4.52. The smallest absolute Gasteiger partial charge is 0.153 e. The van der Waals surface area contributed by atoms with Gasteiger partial charge in [0.15, 0.2) is 5.58 Å². The summed E-state index contributed by atoms with van der Waals surface area (Å²) in [4.78, 5) is 0. The first-order valence-corrected chi connectivity index (χ1v) is 6.86. The van der Waals surface area contributed by atoms with Gasteiger partial charge < -0.3 is 8.98 Å². The van der Waals surface area contributed by atoms with E-state index in [1.807, 2.05) is 36.5 Å². The number of nitrogens with zero attached hydrogens (tertiary/aromatic N) is 1. The first kappa shape index (κ1) is 10.9. The van der Waals surface area contributed by atoms with Crippen molar-refractivity contribution in [2.45, 2.75) is 0 Å². The van der Waals surface area contributed by atoms with Gasteiger partial charge in [-0.1, -0.05) is 34.1 Å². The molecule has 3 heteroatoms. The zero-order valence-electron chi connectivity index (χ0n) is 10.0. The predicted molar refractivity (Wildman–Crippen MR) is 80.7 cm³/mol. The van der Waals surface area contributed by atoms with Crippen molar-refractivity contribution in [3.8, 4) is 5.69 Å². The average Bonchev–Trinajstić information content (AvgIpc) is 2.98. The second-order valence-corrected chi connectivity index (χ2v) is 5.44. The Morgan fingerprint density at radius 3 is 2.53 bits per heavy atom. The van der Waals surface area contributed by atoms with Crippen molar-refractivity contribution in [1.29, 1.82) is 0 Å². The number of hydrogen-bond donors (Lipinski definition) is 0. The third kappa shape index (κ3) is 1.70. The van der Waals surface area contributed by atoms with E-state index in [0.717, 1.165) is 32.1 Å². The molecule has 4 rings (SSSR count). The Bertz CT molecular complexity index is 874. The minimum Gasteiger partial charge on any atom is -0.454 e. The third-order valence-electron chi connectivity index (χ3n) is 3.30. The van der Waals surface area contributed by atoms with Crippen LogP contribution in [0.2, 0.25) is 0 Å². The standard InChI is InChI=1S/C16H10BrNO/c17-11-6-7-15-13(8-11)14-9-18(10-16(14)19-15)12-4-2-1-3-5-12/h1-10H. The Morgan fingerprint density at radius 2 is 1.68 bits per heavy atom. The molecule has 0 bridgehead atoms. The molecule has 0 spiro atoms. The van der Waals surface area contributed by atoms with Crippen molar-refractivity contribution in [1.82, 2.24) is 4.57 Å². The van der Waals surface area contributed by atoms with Gasteiger partial charge in [0, 0.05) is 27.1 Å². The van der Waals surface area contributed by atoms with Crippen LogP contribution in [0.3, 0.4) is 0 Å². The van der Waals surface area contributed by atoms with E-state index in [0.29, 0.717) is 0 Å². The van der Waals surface area contributed by atoms with Gasteiger partial charge in [-0.25, -0.2) is 0 Å². The highest BCUT2D eigenvalue weighted by Crippen LogP contribution is 2.32. The number of hydrogen-bond acceptors (Lipinski definition) is 1. The Hall–Kier alpha value is -2.00. The molecule has 0 amide bonds. The van der Waals surface area contributed by atoms with E-state index in [1.54, 1.807) is 0 Å². The number of halogens is 1. The number of para-hydroxylation sites is 1. The molecular formula is C16H10BrNO. The number of fused-ring (bicyclic) bond motifs is 3. The van der Waals surface area contributed by atoms with Crippen molar-refractivity contribution < 1.29 is 4.42 Å². The van der Waals surface area contributed by atoms with Crippen LogP contribution in [0.1, 0.15) is 0 Å². The fourth-order valence-corrected chi connectivity index (χ4v) is 2.75. The molecule has 2 aromatic carbocycles. The van der Waals surface area contributed by atoms with Crippen LogP contribution in [0.5, 0.6) is 0 Å². The molecular weight excluding hydrogens is 302 g/mol. The van der Waals surface area contributed by atoms with Gasteiger partial charge in [0.1, 0.15) is 5.58 Å². The van der Waals surface area contributed by atoms with Gasteiger partial charge in [-0.2, -0.15) is 0 Å². The maximum absolute atomic E-state index is 5.87. The quantitative estimate of drug-likeness (QED) is 0.476. The molecule has 2 aromatic heterocycles. The lowest BCUT2D eigenvalue weighted by atomic mass is 10.2. The Labute approximate surface area is 118 Å². The minimum absolute atomic E-state index is 0.914. The van der Waals surface area contributed by atoms with E-state index in [-0.39, 0.29) is 0 Å². The van der Waals surface area contributed by atoms with Crippen LogP contribution < -0.4 is 0 Å². The lowest BCUT2D eigenvalue weighted by Crippen LogP contribution is -1.87. The van der Waals surface area contributed by atoms with Crippen molar-refractivity contribution in [2.24, 2.45) is 0 Å². The van der Waals surface area contributed by atoms with Crippen LogP contribution in [0, 0.1) is 0 Å². The Kier molecular flexibility index (Phi) is 2.29. The topological polar surface area (TPSA) is 18.1 Å². The zero-order valence-corrected chi connectivity index (χ0v) is 11.6. The first-order valence-electron chi connectivity index (χ1n) is 6.06. The van der Waals surface area contributed by atoms with Gasteiger partial charge in [0.05, 0.1) is 6.20 Å². The third-order valence-corrected chi connectivity index (χ3v) is 3.79. The Morgan fingerprint density at radius 1 is 0.842 bits per heavy atom. The maximum Gasteiger partial charge on any atom is 0.153 e. The van der Waals surface area contributed by atoms with Gasteiger partial charge in [0.2, 0.25) is 0 Å². The van der Waals surface area contributed by atoms with Gasteiger partial charge in [-0.3, -0.25) is 0 Å². The van der Waals surface area contributed by atoms with Crippen LogP contribution in [0.25, 0.3) is 27.6 Å². The van der Waals surface area contributed by atoms with Crippen molar-refractivity contribution in [2.75, 3.05) is 0 Å². The van der Waals surface area contributed by atoms with Gasteiger partial charge in [-0.15, -0.1) is 0 Å². The lowest BCUT2D eigenvalue weighted by Gasteiger charge is -2.00. The fraction of sp³-hybridized carbons (Fsp3) is 0. The molecule has 92 valence electrons. The highest BCUT2D eigenvalue weighted by atomic mass is 79.9. The molecule has 0 aliphatic carbocycles. The summed E-state index contributed by atoms with van der Waals surface area (Å²) in [6.45, 7) is 0. The highest BCUT2D eigenvalue weighted by Gasteiger charge is 2.10. The molecule has 4 aromatic rings. The monoisotopic (exact) mass is 311 g/mol.